The van der Waals surface area contributed by atoms with Crippen LogP contribution in [0.2, 0.25) is 0 Å². The van der Waals surface area contributed by atoms with Gasteiger partial charge in [-0.1, -0.05) is 40.7 Å². The van der Waals surface area contributed by atoms with Gasteiger partial charge in [-0.2, -0.15) is 14.9 Å². The van der Waals surface area contributed by atoms with Gasteiger partial charge >= 0.3 is 0 Å². The van der Waals surface area contributed by atoms with Gasteiger partial charge in [0.25, 0.3) is 0 Å². The lowest BCUT2D eigenvalue weighted by atomic mass is 9.52. The number of nitrogens with one attached hydrogen (secondary N) is 2. The molecule has 0 saturated heterocycles. The Labute approximate surface area is 219 Å². The highest BCUT2D eigenvalue weighted by Gasteiger charge is 2.57. The molecular weight excluding hydrogens is 452 g/mol. The van der Waals surface area contributed by atoms with Crippen molar-refractivity contribution in [3.63, 3.8) is 0 Å². The van der Waals surface area contributed by atoms with Crippen LogP contribution in [0.4, 0.5) is 5.69 Å². The van der Waals surface area contributed by atoms with Crippen molar-refractivity contribution in [1.82, 2.24) is 0 Å². The van der Waals surface area contributed by atoms with E-state index in [0.29, 0.717) is 12.1 Å². The van der Waals surface area contributed by atoms with E-state index < -0.39 is 16.7 Å². The summed E-state index contributed by atoms with van der Waals surface area (Å²) in [5.74, 6) is 0.357. The molecule has 36 heavy (non-hydrogen) atoms. The van der Waals surface area contributed by atoms with E-state index in [1.807, 2.05) is 34.6 Å². The highest BCUT2D eigenvalue weighted by molar-refractivity contribution is 5.52. The van der Waals surface area contributed by atoms with Crippen molar-refractivity contribution in [1.29, 1.82) is 0 Å². The largest absolute Gasteiger partial charge is 0.599 e. The molecule has 2 aliphatic rings. The van der Waals surface area contributed by atoms with E-state index in [4.69, 9.17) is 9.68 Å². The normalized spacial score (nSPS) is 29.7. The summed E-state index contributed by atoms with van der Waals surface area (Å²) in [4.78, 5) is 12.1. The van der Waals surface area contributed by atoms with Crippen molar-refractivity contribution >= 4 is 5.69 Å². The van der Waals surface area contributed by atoms with Crippen molar-refractivity contribution in [2.45, 2.75) is 135 Å². The van der Waals surface area contributed by atoms with Crippen LogP contribution in [-0.2, 0) is 21.5 Å². The Morgan fingerprint density at radius 3 is 2.33 bits per heavy atom. The van der Waals surface area contributed by atoms with Crippen LogP contribution in [0.5, 0.6) is 0 Å². The molecular formula is C30H50N2O4. The van der Waals surface area contributed by atoms with Gasteiger partial charge in [0, 0.05) is 29.4 Å². The van der Waals surface area contributed by atoms with Gasteiger partial charge in [0.15, 0.2) is 5.69 Å². The molecule has 0 aliphatic heterocycles. The van der Waals surface area contributed by atoms with E-state index in [-0.39, 0.29) is 27.7 Å². The highest BCUT2D eigenvalue weighted by Crippen LogP contribution is 2.53. The maximum absolute atomic E-state index is 13.7. The standard InChI is InChI=1S/C30H50N2O4/c1-11-27(6,7)35-31(33)25-20-24-22(19-23(25)21(4)5)15-16-26-29(24,9)17-14-18-30(26,10)32(34)36-28(8,12-2)13-3/h12,19-21,26,31-32H,2,11,13-18H2,1,3-10H3. The lowest BCUT2D eigenvalue weighted by molar-refractivity contribution is -1.10. The molecule has 0 spiro atoms. The molecule has 6 unspecified atom stereocenters. The first-order valence-electron chi connectivity index (χ1n) is 13.9. The van der Waals surface area contributed by atoms with Gasteiger partial charge in [0.2, 0.25) is 0 Å². The zero-order valence-electron chi connectivity index (χ0n) is 24.2. The first-order chi connectivity index (χ1) is 16.7. The minimum atomic E-state index is -0.657. The average molecular weight is 503 g/mol. The summed E-state index contributed by atoms with van der Waals surface area (Å²) in [6.45, 7) is 22.5. The van der Waals surface area contributed by atoms with E-state index in [1.165, 1.54) is 11.1 Å². The van der Waals surface area contributed by atoms with Crippen LogP contribution < -0.4 is 10.5 Å². The fourth-order valence-corrected chi connectivity index (χ4v) is 6.40. The molecule has 0 bridgehead atoms. The highest BCUT2D eigenvalue weighted by atomic mass is 16.9. The molecule has 3 rings (SSSR count). The molecule has 1 aromatic rings. The molecule has 2 N–H and O–H groups in total. The van der Waals surface area contributed by atoms with Gasteiger partial charge in [-0.3, -0.25) is 0 Å². The predicted octanol–water partition coefficient (Wildman–Crippen LogP) is 5.38. The second-order valence-electron chi connectivity index (χ2n) is 12.8. The molecule has 6 atom stereocenters. The van der Waals surface area contributed by atoms with Crippen LogP contribution in [0.25, 0.3) is 0 Å². The maximum Gasteiger partial charge on any atom is 0.167 e. The molecule has 0 amide bonds. The lowest BCUT2D eigenvalue weighted by Gasteiger charge is -2.57. The molecule has 0 aromatic heterocycles. The van der Waals surface area contributed by atoms with E-state index in [0.717, 1.165) is 44.1 Å². The third-order valence-electron chi connectivity index (χ3n) is 9.51. The SMILES string of the molecule is C=CC(C)(CC)O[NH+]([O-])C1(C)CCCC2(C)c3cc([NH+]([O-])OC(C)(C)CC)c(C(C)C)cc3CCC21. The average Bonchev–Trinajstić information content (AvgIpc) is 2.82. The summed E-state index contributed by atoms with van der Waals surface area (Å²) in [6.07, 6.45) is 7.80. The lowest BCUT2D eigenvalue weighted by Crippen LogP contribution is -3.17. The topological polar surface area (TPSA) is 73.5 Å². The molecule has 1 aromatic carbocycles. The fourth-order valence-electron chi connectivity index (χ4n) is 6.40. The van der Waals surface area contributed by atoms with Crippen LogP contribution in [0.1, 0.15) is 123 Å². The summed E-state index contributed by atoms with van der Waals surface area (Å²) in [7, 11) is 0. The van der Waals surface area contributed by atoms with Gasteiger partial charge in [-0.15, -0.1) is 6.58 Å². The molecule has 1 fully saturated rings. The number of fused-ring (bicyclic) bond motifs is 3. The minimum Gasteiger partial charge on any atom is -0.599 e. The van der Waals surface area contributed by atoms with E-state index in [2.05, 4.69) is 46.4 Å². The number of hydrogen-bond acceptors (Lipinski definition) is 4. The molecule has 0 heterocycles. The quantitative estimate of drug-likeness (QED) is 0.333. The first-order valence-corrected chi connectivity index (χ1v) is 13.9. The summed E-state index contributed by atoms with van der Waals surface area (Å²) in [5, 5.41) is 26.8. The minimum absolute atomic E-state index is 0.116. The molecule has 6 nitrogen and oxygen atoms in total. The van der Waals surface area contributed by atoms with Crippen molar-refractivity contribution in [3.05, 3.63) is 51.9 Å². The van der Waals surface area contributed by atoms with Crippen LogP contribution >= 0.6 is 0 Å². The van der Waals surface area contributed by atoms with Crippen molar-refractivity contribution in [2.24, 2.45) is 5.92 Å². The van der Waals surface area contributed by atoms with Crippen molar-refractivity contribution in [3.8, 4) is 0 Å². The predicted molar refractivity (Wildman–Crippen MR) is 146 cm³/mol. The Kier molecular flexibility index (Phi) is 8.52. The van der Waals surface area contributed by atoms with Crippen LogP contribution in [0, 0.1) is 16.3 Å². The molecule has 6 heteroatoms. The van der Waals surface area contributed by atoms with Crippen LogP contribution in [-0.4, -0.2) is 16.7 Å². The second-order valence-corrected chi connectivity index (χ2v) is 12.8. The van der Waals surface area contributed by atoms with Crippen molar-refractivity contribution < 1.29 is 20.1 Å². The maximum atomic E-state index is 13.7. The van der Waals surface area contributed by atoms with E-state index in [1.54, 1.807) is 6.08 Å². The Bertz CT molecular complexity index is 947. The van der Waals surface area contributed by atoms with Crippen LogP contribution in [0.15, 0.2) is 24.8 Å². The fraction of sp³-hybridized carbons (Fsp3) is 0.733. The number of hydroxylamine groups is 2. The Morgan fingerprint density at radius 1 is 1.11 bits per heavy atom. The monoisotopic (exact) mass is 502 g/mol. The number of rotatable bonds is 10. The summed E-state index contributed by atoms with van der Waals surface area (Å²) in [5.41, 5.74) is 2.29. The van der Waals surface area contributed by atoms with Gasteiger partial charge in [-0.05, 0) is 89.3 Å². The van der Waals surface area contributed by atoms with Gasteiger partial charge in [0.05, 0.1) is 0 Å². The number of aryl methyl sites for hydroxylation is 1. The summed E-state index contributed by atoms with van der Waals surface area (Å²) in [6, 6.07) is 4.36. The van der Waals surface area contributed by atoms with Gasteiger partial charge in [-0.25, -0.2) is 5.23 Å². The molecule has 2 aliphatic carbocycles. The Morgan fingerprint density at radius 2 is 1.78 bits per heavy atom. The third-order valence-corrected chi connectivity index (χ3v) is 9.51. The number of hydrogen-bond donors (Lipinski definition) is 2. The smallest absolute Gasteiger partial charge is 0.167 e. The third kappa shape index (κ3) is 5.31. The Balaban J connectivity index is 2.06. The molecule has 0 radical (unpaired) electrons. The van der Waals surface area contributed by atoms with E-state index in [9.17, 15) is 10.4 Å². The summed E-state index contributed by atoms with van der Waals surface area (Å²) < 4.78 is 0. The molecule has 1 saturated carbocycles. The zero-order chi connectivity index (χ0) is 27.1. The number of benzene rings is 1. The molecule has 204 valence electrons. The van der Waals surface area contributed by atoms with Crippen LogP contribution in [0.3, 0.4) is 0 Å². The Hall–Kier alpha value is -1.28. The van der Waals surface area contributed by atoms with E-state index >= 15 is 0 Å². The second kappa shape index (κ2) is 10.5. The van der Waals surface area contributed by atoms with Crippen molar-refractivity contribution in [2.75, 3.05) is 0 Å². The first kappa shape index (κ1) is 29.3. The number of quaternary nitrogens is 2. The van der Waals surface area contributed by atoms with Gasteiger partial charge in [0.1, 0.15) is 16.7 Å². The van der Waals surface area contributed by atoms with Gasteiger partial charge < -0.3 is 10.4 Å². The zero-order valence-corrected chi connectivity index (χ0v) is 24.2. The summed E-state index contributed by atoms with van der Waals surface area (Å²) >= 11 is 0.